The molecule has 0 aromatic rings. The summed E-state index contributed by atoms with van der Waals surface area (Å²) in [4.78, 5) is 22.4. The topological polar surface area (TPSA) is 154 Å². The van der Waals surface area contributed by atoms with Gasteiger partial charge in [-0.1, -0.05) is 19.8 Å². The van der Waals surface area contributed by atoms with Crippen LogP contribution in [0.4, 0.5) is 0 Å². The highest BCUT2D eigenvalue weighted by Crippen LogP contribution is 2.00. The first-order chi connectivity index (χ1) is 23.2. The Balaban J connectivity index is 3.08. The summed E-state index contributed by atoms with van der Waals surface area (Å²) in [5, 5.41) is 0. The predicted molar refractivity (Wildman–Crippen MR) is 171 cm³/mol. The van der Waals surface area contributed by atoms with Crippen molar-refractivity contribution in [3.63, 3.8) is 0 Å². The van der Waals surface area contributed by atoms with Crippen LogP contribution in [0.3, 0.4) is 0 Å². The van der Waals surface area contributed by atoms with Gasteiger partial charge in [0, 0.05) is 6.42 Å². The Morgan fingerprint density at radius 1 is 0.340 bits per heavy atom. The van der Waals surface area contributed by atoms with Crippen molar-refractivity contribution in [1.29, 1.82) is 0 Å². The van der Waals surface area contributed by atoms with Crippen LogP contribution in [0.2, 0.25) is 0 Å². The monoisotopic (exact) mass is 686 g/mol. The van der Waals surface area contributed by atoms with Crippen LogP contribution < -0.4 is 0 Å². The molecule has 0 atom stereocenters. The van der Waals surface area contributed by atoms with E-state index in [1.54, 1.807) is 0 Å². The lowest BCUT2D eigenvalue weighted by molar-refractivity contribution is -0.145. The Morgan fingerprint density at radius 2 is 0.617 bits per heavy atom. The molecule has 0 N–H and O–H groups in total. The minimum atomic E-state index is -0.288. The minimum Gasteiger partial charge on any atom is -0.469 e. The van der Waals surface area contributed by atoms with Crippen LogP contribution in [0.1, 0.15) is 39.0 Å². The zero-order valence-electron chi connectivity index (χ0n) is 28.9. The van der Waals surface area contributed by atoms with Crippen molar-refractivity contribution >= 4 is 11.9 Å². The fourth-order valence-corrected chi connectivity index (χ4v) is 3.36. The maximum atomic E-state index is 11.5. The van der Waals surface area contributed by atoms with Crippen molar-refractivity contribution < 1.29 is 71.2 Å². The number of esters is 2. The highest BCUT2D eigenvalue weighted by Gasteiger charge is 2.02. The van der Waals surface area contributed by atoms with E-state index >= 15 is 0 Å². The third kappa shape index (κ3) is 40.6. The second kappa shape index (κ2) is 40.7. The number of carbonyl (C=O) groups is 2. The largest absolute Gasteiger partial charge is 0.469 e. The molecule has 0 aromatic carbocycles. The molecule has 0 spiro atoms. The molecule has 0 radical (unpaired) electrons. The van der Waals surface area contributed by atoms with E-state index in [2.05, 4.69) is 11.7 Å². The molecule has 0 aliphatic rings. The number of hydrogen-bond donors (Lipinski definition) is 0. The second-order valence-electron chi connectivity index (χ2n) is 9.74. The summed E-state index contributed by atoms with van der Waals surface area (Å²) in [7, 11) is 1.35. The summed E-state index contributed by atoms with van der Waals surface area (Å²) in [6, 6.07) is 0. The molecule has 0 saturated heterocycles. The van der Waals surface area contributed by atoms with Gasteiger partial charge in [0.05, 0.1) is 159 Å². The van der Waals surface area contributed by atoms with Crippen LogP contribution in [0.5, 0.6) is 0 Å². The van der Waals surface area contributed by atoms with Crippen molar-refractivity contribution in [2.45, 2.75) is 39.0 Å². The van der Waals surface area contributed by atoms with E-state index in [0.29, 0.717) is 152 Å². The molecular formula is C32H62O15. The van der Waals surface area contributed by atoms with Gasteiger partial charge < -0.3 is 61.6 Å². The minimum absolute atomic E-state index is 0.163. The average molecular weight is 687 g/mol. The molecule has 0 unspecified atom stereocenters. The Labute approximate surface area is 281 Å². The first kappa shape index (κ1) is 45.5. The fourth-order valence-electron chi connectivity index (χ4n) is 3.36. The van der Waals surface area contributed by atoms with Crippen molar-refractivity contribution in [3.8, 4) is 0 Å². The van der Waals surface area contributed by atoms with E-state index in [9.17, 15) is 9.59 Å². The lowest BCUT2D eigenvalue weighted by atomic mass is 10.2. The number of carbonyl (C=O) groups excluding carboxylic acids is 2. The highest BCUT2D eigenvalue weighted by atomic mass is 16.6. The van der Waals surface area contributed by atoms with E-state index < -0.39 is 0 Å². The van der Waals surface area contributed by atoms with E-state index in [1.807, 2.05) is 0 Å². The fraction of sp³-hybridized carbons (Fsp3) is 0.938. The van der Waals surface area contributed by atoms with Gasteiger partial charge in [-0.25, -0.2) is 0 Å². The lowest BCUT2D eigenvalue weighted by Gasteiger charge is -2.09. The molecule has 0 bridgehead atoms. The van der Waals surface area contributed by atoms with Crippen molar-refractivity contribution in [1.82, 2.24) is 0 Å². The predicted octanol–water partition coefficient (Wildman–Crippen LogP) is 1.86. The first-order valence-electron chi connectivity index (χ1n) is 16.8. The molecule has 0 fully saturated rings. The molecule has 0 aromatic heterocycles. The average Bonchev–Trinajstić information content (AvgIpc) is 3.08. The summed E-state index contributed by atoms with van der Waals surface area (Å²) in [5.41, 5.74) is 0. The molecule has 280 valence electrons. The van der Waals surface area contributed by atoms with E-state index in [4.69, 9.17) is 56.8 Å². The first-order valence-corrected chi connectivity index (χ1v) is 16.8. The summed E-state index contributed by atoms with van der Waals surface area (Å²) < 4.78 is 69.2. The van der Waals surface area contributed by atoms with Crippen molar-refractivity contribution in [3.05, 3.63) is 0 Å². The third-order valence-corrected chi connectivity index (χ3v) is 5.87. The van der Waals surface area contributed by atoms with Gasteiger partial charge in [0.2, 0.25) is 0 Å². The normalized spacial score (nSPS) is 11.3. The van der Waals surface area contributed by atoms with Crippen LogP contribution in [-0.2, 0) is 71.2 Å². The smallest absolute Gasteiger partial charge is 0.307 e. The van der Waals surface area contributed by atoms with Crippen molar-refractivity contribution in [2.24, 2.45) is 0 Å². The van der Waals surface area contributed by atoms with Gasteiger partial charge in [0.15, 0.2) is 0 Å². The maximum absolute atomic E-state index is 11.5. The molecule has 0 aliphatic carbocycles. The van der Waals surface area contributed by atoms with Gasteiger partial charge in [-0.15, -0.1) is 0 Å². The lowest BCUT2D eigenvalue weighted by Crippen LogP contribution is -2.15. The Morgan fingerprint density at radius 3 is 0.894 bits per heavy atom. The maximum Gasteiger partial charge on any atom is 0.307 e. The van der Waals surface area contributed by atoms with E-state index in [1.165, 1.54) is 7.11 Å². The summed E-state index contributed by atoms with van der Waals surface area (Å²) in [6.45, 7) is 12.6. The van der Waals surface area contributed by atoms with Gasteiger partial charge in [-0.05, 0) is 6.42 Å². The zero-order chi connectivity index (χ0) is 34.1. The molecule has 15 nitrogen and oxygen atoms in total. The summed E-state index contributed by atoms with van der Waals surface area (Å²) in [6.07, 6.45) is 3.72. The van der Waals surface area contributed by atoms with Gasteiger partial charge in [-0.2, -0.15) is 0 Å². The molecule has 0 amide bonds. The molecule has 15 heteroatoms. The Bertz CT molecular complexity index is 642. The highest BCUT2D eigenvalue weighted by molar-refractivity contribution is 5.69. The van der Waals surface area contributed by atoms with Crippen LogP contribution in [0, 0.1) is 0 Å². The van der Waals surface area contributed by atoms with E-state index in [-0.39, 0.29) is 25.0 Å². The molecule has 0 rings (SSSR count). The molecule has 47 heavy (non-hydrogen) atoms. The van der Waals surface area contributed by atoms with Crippen LogP contribution in [0.15, 0.2) is 0 Å². The third-order valence-electron chi connectivity index (χ3n) is 5.87. The SMILES string of the molecule is CCCCCC(=O)OCCOCCOCCOCCOCCOCCOCCOCCOCCOCCOCCOCCC(=O)OC. The standard InChI is InChI=1S/C32H62O15/c1-3-4-5-6-32(34)47-30-29-46-28-27-45-26-25-44-24-23-43-22-21-42-20-19-41-18-17-40-16-15-39-14-13-38-12-11-37-10-9-36-8-7-31(33)35-2/h3-30H2,1-2H3. The summed E-state index contributed by atoms with van der Waals surface area (Å²) >= 11 is 0. The number of hydrogen-bond acceptors (Lipinski definition) is 15. The Hall–Kier alpha value is -1.50. The molecular weight excluding hydrogens is 624 g/mol. The second-order valence-corrected chi connectivity index (χ2v) is 9.74. The van der Waals surface area contributed by atoms with Crippen LogP contribution in [-0.4, -0.2) is 171 Å². The Kier molecular flexibility index (Phi) is 39.4. The van der Waals surface area contributed by atoms with Gasteiger partial charge in [0.1, 0.15) is 6.61 Å². The van der Waals surface area contributed by atoms with Gasteiger partial charge in [0.25, 0.3) is 0 Å². The molecule has 0 saturated carbocycles. The number of methoxy groups -OCH3 is 1. The summed E-state index contributed by atoms with van der Waals surface area (Å²) in [5.74, 6) is -0.452. The van der Waals surface area contributed by atoms with Crippen LogP contribution in [0.25, 0.3) is 0 Å². The number of unbranched alkanes of at least 4 members (excludes halogenated alkanes) is 2. The van der Waals surface area contributed by atoms with Crippen LogP contribution >= 0.6 is 0 Å². The van der Waals surface area contributed by atoms with Gasteiger partial charge in [-0.3, -0.25) is 9.59 Å². The molecule has 0 aliphatic heterocycles. The van der Waals surface area contributed by atoms with E-state index in [0.717, 1.165) is 19.3 Å². The zero-order valence-corrected chi connectivity index (χ0v) is 28.9. The quantitative estimate of drug-likeness (QED) is 0.0680. The van der Waals surface area contributed by atoms with Crippen molar-refractivity contribution in [2.75, 3.05) is 159 Å². The van der Waals surface area contributed by atoms with Gasteiger partial charge >= 0.3 is 11.9 Å². The number of rotatable bonds is 40. The molecule has 0 heterocycles. The number of ether oxygens (including phenoxy) is 13.